The third-order valence-electron chi connectivity index (χ3n) is 1.39. The van der Waals surface area contributed by atoms with Crippen LogP contribution in [-0.4, -0.2) is 73.2 Å². The number of thioether (sulfide) groups is 1. The Morgan fingerprint density at radius 3 is 1.71 bits per heavy atom. The minimum atomic E-state index is 0. The fourth-order valence-electron chi connectivity index (χ4n) is 0.766. The summed E-state index contributed by atoms with van der Waals surface area (Å²) >= 11 is 3.62. The second-order valence-corrected chi connectivity index (χ2v) is 6.01. The van der Waals surface area contributed by atoms with E-state index in [0.717, 1.165) is 13.2 Å². The molecule has 0 bridgehead atoms. The largest absolute Gasteiger partial charge is 0.855 e. The standard InChI is InChI=1S/C8H18NOS.3C2H5O.Sn/c1-4-9-7-10-6-8(3)11-5-2;3*1-2-3;/h8-9H,3-7H2,1-2H3;3*2H2,1H3;/q;3*-1;+3. The van der Waals surface area contributed by atoms with Crippen LogP contribution >= 0.6 is 11.8 Å². The van der Waals surface area contributed by atoms with Gasteiger partial charge in [0.15, 0.2) is 0 Å². The molecule has 7 heteroatoms. The summed E-state index contributed by atoms with van der Waals surface area (Å²) in [5.41, 5.74) is 0. The van der Waals surface area contributed by atoms with Crippen molar-refractivity contribution in [2.24, 2.45) is 0 Å². The second kappa shape index (κ2) is 37.3. The molecular formula is C14H33NO4SSn. The number of hydrogen-bond donors (Lipinski definition) is 1. The zero-order valence-corrected chi connectivity index (χ0v) is 17.9. The Hall–Kier alpha value is 0.949. The van der Waals surface area contributed by atoms with Crippen molar-refractivity contribution < 1.29 is 20.1 Å². The van der Waals surface area contributed by atoms with Gasteiger partial charge >= 0.3 is 93.5 Å². The first-order chi connectivity index (χ1) is 10.1. The Morgan fingerprint density at radius 1 is 1.00 bits per heavy atom. The quantitative estimate of drug-likeness (QED) is 0.314. The maximum Gasteiger partial charge on any atom is -0.0809 e. The molecule has 0 aliphatic carbocycles. The molecule has 0 radical (unpaired) electrons. The molecule has 1 N–H and O–H groups in total. The SMILES string of the molecule is CCNCOCC([CH2][Sn+3])SCC.CC[O-].CC[O-].CC[O-]. The van der Waals surface area contributed by atoms with Crippen LogP contribution in [-0.2, 0) is 4.74 Å². The Kier molecular flexibility index (Phi) is 53.1. The van der Waals surface area contributed by atoms with Gasteiger partial charge in [-0.3, -0.25) is 0 Å². The Balaban J connectivity index is -0.000000132. The van der Waals surface area contributed by atoms with Crippen molar-refractivity contribution in [1.29, 1.82) is 0 Å². The van der Waals surface area contributed by atoms with Gasteiger partial charge in [0.25, 0.3) is 0 Å². The molecular weight excluding hydrogens is 397 g/mol. The third kappa shape index (κ3) is 52.7. The molecule has 0 saturated heterocycles. The van der Waals surface area contributed by atoms with Gasteiger partial charge in [0.05, 0.1) is 0 Å². The van der Waals surface area contributed by atoms with E-state index in [1.165, 1.54) is 10.2 Å². The van der Waals surface area contributed by atoms with Gasteiger partial charge in [-0.25, -0.2) is 0 Å². The van der Waals surface area contributed by atoms with Crippen LogP contribution < -0.4 is 20.6 Å². The smallest absolute Gasteiger partial charge is 0.0809 e. The second-order valence-electron chi connectivity index (χ2n) is 3.27. The molecule has 0 fully saturated rings. The molecule has 0 spiro atoms. The van der Waals surface area contributed by atoms with Gasteiger partial charge in [-0.05, 0) is 0 Å². The molecule has 1 atom stereocenters. The molecule has 0 aliphatic rings. The van der Waals surface area contributed by atoms with Gasteiger partial charge in [0.1, 0.15) is 0 Å². The first-order valence-corrected chi connectivity index (χ1v) is 10.4. The molecule has 0 rings (SSSR count). The van der Waals surface area contributed by atoms with Gasteiger partial charge in [-0.2, -0.15) is 0 Å². The van der Waals surface area contributed by atoms with E-state index in [1.807, 2.05) is 11.8 Å². The van der Waals surface area contributed by atoms with Crippen LogP contribution in [0.5, 0.6) is 0 Å². The predicted octanol–water partition coefficient (Wildman–Crippen LogP) is -0.622. The van der Waals surface area contributed by atoms with Crippen LogP contribution in [0.2, 0.25) is 4.44 Å². The summed E-state index contributed by atoms with van der Waals surface area (Å²) in [6, 6.07) is 0. The summed E-state index contributed by atoms with van der Waals surface area (Å²) in [5, 5.41) is 30.7. The summed E-state index contributed by atoms with van der Waals surface area (Å²) in [6.07, 6.45) is 0. The van der Waals surface area contributed by atoms with E-state index in [4.69, 9.17) is 20.1 Å². The van der Waals surface area contributed by atoms with E-state index >= 15 is 0 Å². The summed E-state index contributed by atoms with van der Waals surface area (Å²) in [7, 11) is 0. The monoisotopic (exact) mass is 431 g/mol. The van der Waals surface area contributed by atoms with Crippen molar-refractivity contribution in [2.75, 3.05) is 45.5 Å². The molecule has 0 aliphatic heterocycles. The molecule has 1 unspecified atom stereocenters. The molecule has 21 heavy (non-hydrogen) atoms. The van der Waals surface area contributed by atoms with Crippen LogP contribution in [0.4, 0.5) is 0 Å². The molecule has 0 amide bonds. The van der Waals surface area contributed by atoms with Crippen LogP contribution in [0.3, 0.4) is 0 Å². The van der Waals surface area contributed by atoms with E-state index < -0.39 is 0 Å². The molecule has 0 heterocycles. The van der Waals surface area contributed by atoms with Crippen molar-refractivity contribution in [1.82, 2.24) is 5.32 Å². The topological polar surface area (TPSA) is 90.4 Å². The Bertz CT molecular complexity index is 133. The van der Waals surface area contributed by atoms with Gasteiger partial charge in [-0.15, -0.1) is 19.8 Å². The maximum absolute atomic E-state index is 8.93. The zero-order chi connectivity index (χ0) is 17.4. The van der Waals surface area contributed by atoms with Crippen LogP contribution in [0.1, 0.15) is 34.6 Å². The summed E-state index contributed by atoms with van der Waals surface area (Å²) in [5.74, 6) is 1.20. The number of ether oxygens (including phenoxy) is 1. The van der Waals surface area contributed by atoms with E-state index in [9.17, 15) is 0 Å². The average molecular weight is 430 g/mol. The van der Waals surface area contributed by atoms with E-state index in [1.54, 1.807) is 43.3 Å². The fourth-order valence-corrected chi connectivity index (χ4v) is 2.89. The summed E-state index contributed by atoms with van der Waals surface area (Å²) in [6.45, 7) is 11.6. The summed E-state index contributed by atoms with van der Waals surface area (Å²) in [4.78, 5) is 0. The van der Waals surface area contributed by atoms with Gasteiger partial charge in [0.2, 0.25) is 0 Å². The van der Waals surface area contributed by atoms with Crippen molar-refractivity contribution in [3.05, 3.63) is 0 Å². The van der Waals surface area contributed by atoms with Crippen molar-refractivity contribution in [3.8, 4) is 0 Å². The van der Waals surface area contributed by atoms with Crippen molar-refractivity contribution in [2.45, 2.75) is 44.3 Å². The Morgan fingerprint density at radius 2 is 1.43 bits per heavy atom. The van der Waals surface area contributed by atoms with E-state index in [0.29, 0.717) is 12.0 Å². The summed E-state index contributed by atoms with van der Waals surface area (Å²) < 4.78 is 6.75. The van der Waals surface area contributed by atoms with Gasteiger partial charge < -0.3 is 15.3 Å². The van der Waals surface area contributed by atoms with Crippen LogP contribution in [0, 0.1) is 0 Å². The van der Waals surface area contributed by atoms with E-state index in [2.05, 4.69) is 19.2 Å². The van der Waals surface area contributed by atoms with Crippen molar-refractivity contribution >= 4 is 34.3 Å². The van der Waals surface area contributed by atoms with Gasteiger partial charge in [-0.1, -0.05) is 20.8 Å². The molecule has 0 aromatic carbocycles. The van der Waals surface area contributed by atoms with Crippen molar-refractivity contribution in [3.63, 3.8) is 0 Å². The maximum atomic E-state index is 8.93. The molecule has 0 aromatic heterocycles. The van der Waals surface area contributed by atoms with E-state index in [-0.39, 0.29) is 19.8 Å². The van der Waals surface area contributed by atoms with Crippen LogP contribution in [0.25, 0.3) is 0 Å². The predicted molar refractivity (Wildman–Crippen MR) is 88.6 cm³/mol. The first-order valence-electron chi connectivity index (χ1n) is 7.38. The zero-order valence-electron chi connectivity index (χ0n) is 14.3. The number of rotatable bonds is 8. The van der Waals surface area contributed by atoms with Crippen LogP contribution in [0.15, 0.2) is 0 Å². The fraction of sp³-hybridized carbons (Fsp3) is 1.00. The normalized spacial score (nSPS) is 10.2. The Labute approximate surface area is 149 Å². The average Bonchev–Trinajstić information content (AvgIpc) is 2.45. The number of hydrogen-bond acceptors (Lipinski definition) is 6. The molecule has 0 saturated carbocycles. The molecule has 5 nitrogen and oxygen atoms in total. The first kappa shape index (κ1) is 29.9. The van der Waals surface area contributed by atoms with Gasteiger partial charge in [0, 0.05) is 0 Å². The minimum absolute atomic E-state index is 0. The minimum Gasteiger partial charge on any atom is -0.855 e. The molecule has 128 valence electrons. The number of nitrogens with one attached hydrogen (secondary N) is 1. The molecule has 0 aromatic rings. The third-order valence-corrected chi connectivity index (χ3v) is 4.75.